The zero-order valence-electron chi connectivity index (χ0n) is 20.0. The minimum Gasteiger partial charge on any atom is -0.319 e. The van der Waals surface area contributed by atoms with Gasteiger partial charge >= 0.3 is 0 Å². The first-order chi connectivity index (χ1) is 16.3. The van der Waals surface area contributed by atoms with Crippen LogP contribution < -0.4 is 10.9 Å². The van der Waals surface area contributed by atoms with E-state index in [2.05, 4.69) is 46.2 Å². The van der Waals surface area contributed by atoms with E-state index >= 15 is 0 Å². The van der Waals surface area contributed by atoms with Gasteiger partial charge in [0.15, 0.2) is 11.0 Å². The number of amides is 1. The van der Waals surface area contributed by atoms with Crippen LogP contribution >= 0.6 is 23.1 Å². The average molecular weight is 497 g/mol. The third-order valence-electron chi connectivity index (χ3n) is 5.84. The number of carbonyl (C=O) groups is 1. The molecule has 178 valence electrons. The molecular formula is C24H28N6O2S2. The van der Waals surface area contributed by atoms with Gasteiger partial charge in [0.1, 0.15) is 5.69 Å². The van der Waals surface area contributed by atoms with E-state index in [9.17, 15) is 9.59 Å². The van der Waals surface area contributed by atoms with Crippen molar-refractivity contribution in [3.8, 4) is 17.1 Å². The summed E-state index contributed by atoms with van der Waals surface area (Å²) in [5.74, 6) is 0.699. The number of aromatic nitrogens is 5. The van der Waals surface area contributed by atoms with E-state index in [1.54, 1.807) is 27.7 Å². The molecule has 1 amide bonds. The molecule has 0 saturated heterocycles. The summed E-state index contributed by atoms with van der Waals surface area (Å²) < 4.78 is 5.37. The third-order valence-corrected chi connectivity index (χ3v) is 7.82. The molecule has 0 aliphatic rings. The van der Waals surface area contributed by atoms with E-state index in [1.165, 1.54) is 22.2 Å². The van der Waals surface area contributed by atoms with Crippen LogP contribution in [0.5, 0.6) is 0 Å². The Bertz CT molecular complexity index is 1380. The molecule has 0 unspecified atom stereocenters. The molecule has 0 saturated carbocycles. The number of aryl methyl sites for hydroxylation is 1. The number of hydrogen-bond acceptors (Lipinski definition) is 6. The van der Waals surface area contributed by atoms with E-state index in [1.807, 2.05) is 37.3 Å². The highest BCUT2D eigenvalue weighted by Crippen LogP contribution is 2.31. The molecule has 8 nitrogen and oxygen atoms in total. The largest absolute Gasteiger partial charge is 0.319 e. The lowest BCUT2D eigenvalue weighted by molar-refractivity contribution is -0.113. The summed E-state index contributed by atoms with van der Waals surface area (Å²) in [6, 6.07) is 9.36. The van der Waals surface area contributed by atoms with Crippen molar-refractivity contribution in [3.05, 3.63) is 62.2 Å². The summed E-state index contributed by atoms with van der Waals surface area (Å²) in [7, 11) is 1.80. The maximum atomic E-state index is 13.0. The Balaban J connectivity index is 1.52. The number of nitrogens with zero attached hydrogens (tertiary/aromatic N) is 5. The topological polar surface area (TPSA) is 86.7 Å². The molecule has 0 spiro atoms. The number of benzene rings is 1. The van der Waals surface area contributed by atoms with Gasteiger partial charge in [0.2, 0.25) is 5.91 Å². The van der Waals surface area contributed by atoms with Gasteiger partial charge in [-0.3, -0.25) is 14.3 Å². The Labute approximate surface area is 206 Å². The van der Waals surface area contributed by atoms with Crippen molar-refractivity contribution in [2.75, 3.05) is 11.1 Å². The lowest BCUT2D eigenvalue weighted by Crippen LogP contribution is -2.23. The van der Waals surface area contributed by atoms with Gasteiger partial charge < -0.3 is 9.88 Å². The number of thiophene rings is 1. The quantitative estimate of drug-likeness (QED) is 0.361. The Hall–Kier alpha value is -3.11. The number of carbonyl (C=O) groups excluding carboxylic acids is 1. The zero-order chi connectivity index (χ0) is 24.4. The molecule has 0 radical (unpaired) electrons. The molecular weight excluding hydrogens is 468 g/mol. The van der Waals surface area contributed by atoms with E-state index in [0.29, 0.717) is 10.9 Å². The third kappa shape index (κ3) is 4.47. The molecule has 1 aromatic carbocycles. The van der Waals surface area contributed by atoms with Gasteiger partial charge in [0.05, 0.1) is 17.1 Å². The first-order valence-electron chi connectivity index (χ1n) is 11.1. The molecule has 0 bridgehead atoms. The minimum atomic E-state index is -0.260. The van der Waals surface area contributed by atoms with Gasteiger partial charge in [-0.2, -0.15) is 0 Å². The number of anilines is 1. The number of hydrogen-bond donors (Lipinski definition) is 1. The lowest BCUT2D eigenvalue weighted by atomic mass is 10.1. The van der Waals surface area contributed by atoms with Crippen LogP contribution in [0.3, 0.4) is 0 Å². The molecule has 3 heterocycles. The monoisotopic (exact) mass is 496 g/mol. The second-order valence-electron chi connectivity index (χ2n) is 8.06. The van der Waals surface area contributed by atoms with Crippen LogP contribution in [0.15, 0.2) is 45.7 Å². The van der Waals surface area contributed by atoms with Crippen molar-refractivity contribution >= 4 is 34.7 Å². The maximum Gasteiger partial charge on any atom is 0.295 e. The lowest BCUT2D eigenvalue weighted by Gasteiger charge is -2.09. The summed E-state index contributed by atoms with van der Waals surface area (Å²) in [4.78, 5) is 27.1. The molecule has 1 N–H and O–H groups in total. The van der Waals surface area contributed by atoms with E-state index < -0.39 is 0 Å². The van der Waals surface area contributed by atoms with Gasteiger partial charge in [-0.25, -0.2) is 4.68 Å². The average Bonchev–Trinajstić information content (AvgIpc) is 3.44. The highest BCUT2D eigenvalue weighted by molar-refractivity contribution is 7.99. The number of para-hydroxylation sites is 1. The molecule has 0 atom stereocenters. The second-order valence-corrected chi connectivity index (χ2v) is 10.1. The van der Waals surface area contributed by atoms with Crippen molar-refractivity contribution in [3.63, 3.8) is 0 Å². The molecule has 4 aromatic rings. The van der Waals surface area contributed by atoms with Gasteiger partial charge in [-0.15, -0.1) is 21.5 Å². The van der Waals surface area contributed by atoms with Gasteiger partial charge in [0.25, 0.3) is 5.56 Å². The summed E-state index contributed by atoms with van der Waals surface area (Å²) in [5, 5.41) is 14.4. The van der Waals surface area contributed by atoms with Gasteiger partial charge in [-0.05, 0) is 44.9 Å². The summed E-state index contributed by atoms with van der Waals surface area (Å²) in [6.45, 7) is 8.88. The van der Waals surface area contributed by atoms with Crippen LogP contribution in [0, 0.1) is 20.8 Å². The zero-order valence-corrected chi connectivity index (χ0v) is 21.6. The second kappa shape index (κ2) is 10.0. The summed E-state index contributed by atoms with van der Waals surface area (Å²) in [6.07, 6.45) is 0.926. The Morgan fingerprint density at radius 2 is 1.88 bits per heavy atom. The van der Waals surface area contributed by atoms with E-state index in [0.717, 1.165) is 30.0 Å². The van der Waals surface area contributed by atoms with Crippen LogP contribution in [0.4, 0.5) is 5.69 Å². The number of thioether (sulfide) groups is 1. The summed E-state index contributed by atoms with van der Waals surface area (Å²) >= 11 is 3.03. The fourth-order valence-corrected chi connectivity index (χ4v) is 5.40. The highest BCUT2D eigenvalue weighted by atomic mass is 32.2. The molecule has 0 fully saturated rings. The first-order valence-corrected chi connectivity index (χ1v) is 12.9. The van der Waals surface area contributed by atoms with Crippen molar-refractivity contribution < 1.29 is 4.79 Å². The molecule has 0 aliphatic carbocycles. The van der Waals surface area contributed by atoms with E-state index in [-0.39, 0.29) is 22.9 Å². The predicted octanol–water partition coefficient (Wildman–Crippen LogP) is 4.56. The SMILES string of the molecule is CCCn1c(SCC(=O)Nc2c(C)n(C)n(-c3ccccc3)c2=O)nnc1-c1csc(C)c1C. The van der Waals surface area contributed by atoms with Crippen LogP contribution in [-0.4, -0.2) is 35.8 Å². The van der Waals surface area contributed by atoms with Crippen LogP contribution in [0.2, 0.25) is 0 Å². The predicted molar refractivity (Wildman–Crippen MR) is 138 cm³/mol. The number of rotatable bonds is 8. The van der Waals surface area contributed by atoms with Crippen molar-refractivity contribution in [1.82, 2.24) is 24.1 Å². The molecule has 0 aliphatic heterocycles. The molecule has 3 aromatic heterocycles. The van der Waals surface area contributed by atoms with Crippen LogP contribution in [-0.2, 0) is 18.4 Å². The fourth-order valence-electron chi connectivity index (χ4n) is 3.77. The van der Waals surface area contributed by atoms with Crippen molar-refractivity contribution in [2.45, 2.75) is 45.8 Å². The molecule has 4 rings (SSSR count). The Kier molecular flexibility index (Phi) is 7.08. The van der Waals surface area contributed by atoms with E-state index in [4.69, 9.17) is 0 Å². The minimum absolute atomic E-state index is 0.128. The van der Waals surface area contributed by atoms with Gasteiger partial charge in [0, 0.05) is 29.4 Å². The standard InChI is InChI=1S/C24H28N6O2S2/c1-6-12-29-22(19-13-33-17(4)15(19)2)26-27-24(29)34-14-20(31)25-21-16(3)28(5)30(23(21)32)18-10-8-7-9-11-18/h7-11,13H,6,12,14H2,1-5H3,(H,25,31). The first kappa shape index (κ1) is 24.0. The highest BCUT2D eigenvalue weighted by Gasteiger charge is 2.21. The Morgan fingerprint density at radius 1 is 1.15 bits per heavy atom. The normalized spacial score (nSPS) is 11.2. The van der Waals surface area contributed by atoms with Crippen molar-refractivity contribution in [2.24, 2.45) is 7.05 Å². The Morgan fingerprint density at radius 3 is 2.53 bits per heavy atom. The number of nitrogens with one attached hydrogen (secondary N) is 1. The smallest absolute Gasteiger partial charge is 0.295 e. The van der Waals surface area contributed by atoms with Crippen LogP contribution in [0.1, 0.15) is 29.5 Å². The molecule has 34 heavy (non-hydrogen) atoms. The van der Waals surface area contributed by atoms with Crippen LogP contribution in [0.25, 0.3) is 17.1 Å². The van der Waals surface area contributed by atoms with Gasteiger partial charge in [-0.1, -0.05) is 36.9 Å². The fraction of sp³-hybridized carbons (Fsp3) is 0.333. The molecule has 10 heteroatoms. The maximum absolute atomic E-state index is 13.0. The summed E-state index contributed by atoms with van der Waals surface area (Å²) in [5.41, 5.74) is 3.75. The van der Waals surface area contributed by atoms with Crippen molar-refractivity contribution in [1.29, 1.82) is 0 Å².